The van der Waals surface area contributed by atoms with Crippen molar-refractivity contribution in [2.45, 2.75) is 58.0 Å². The molecule has 0 atom stereocenters. The van der Waals surface area contributed by atoms with E-state index >= 15 is 0 Å². The molecule has 0 saturated heterocycles. The van der Waals surface area contributed by atoms with Gasteiger partial charge in [-0.25, -0.2) is 0 Å². The van der Waals surface area contributed by atoms with Crippen molar-refractivity contribution in [3.8, 4) is 0 Å². The highest BCUT2D eigenvalue weighted by Crippen LogP contribution is 2.22. The number of amides is 1. The number of rotatable bonds is 6. The molecule has 116 valence electrons. The van der Waals surface area contributed by atoms with Crippen LogP contribution in [0.5, 0.6) is 0 Å². The second kappa shape index (κ2) is 6.61. The van der Waals surface area contributed by atoms with Gasteiger partial charge in [0.1, 0.15) is 0 Å². The van der Waals surface area contributed by atoms with Gasteiger partial charge in [-0.2, -0.15) is 0 Å². The van der Waals surface area contributed by atoms with Gasteiger partial charge in [0.2, 0.25) is 5.91 Å². The minimum absolute atomic E-state index is 0.175. The normalized spacial score (nSPS) is 15.0. The first kappa shape index (κ1) is 16.0. The maximum Gasteiger partial charge on any atom is 0.223 e. The van der Waals surface area contributed by atoms with Crippen molar-refractivity contribution in [3.63, 3.8) is 0 Å². The van der Waals surface area contributed by atoms with Gasteiger partial charge in [0.05, 0.1) is 0 Å². The van der Waals surface area contributed by atoms with Crippen LogP contribution in [0.2, 0.25) is 0 Å². The van der Waals surface area contributed by atoms with Crippen molar-refractivity contribution < 1.29 is 4.79 Å². The van der Waals surface area contributed by atoms with E-state index in [0.717, 1.165) is 6.54 Å². The van der Waals surface area contributed by atoms with Crippen LogP contribution in [0.15, 0.2) is 24.3 Å². The number of benzene rings is 1. The average Bonchev–Trinajstić information content (AvgIpc) is 3.22. The number of hydrogen-bond acceptors (Lipinski definition) is 2. The molecule has 3 heteroatoms. The largest absolute Gasteiger partial charge is 0.341 e. The summed E-state index contributed by atoms with van der Waals surface area (Å²) >= 11 is 0. The van der Waals surface area contributed by atoms with Gasteiger partial charge < -0.3 is 10.2 Å². The molecule has 1 amide bonds. The zero-order valence-electron chi connectivity index (χ0n) is 13.8. The van der Waals surface area contributed by atoms with Crippen LogP contribution in [0.1, 0.15) is 51.2 Å². The van der Waals surface area contributed by atoms with Crippen molar-refractivity contribution >= 4 is 5.91 Å². The lowest BCUT2D eigenvalue weighted by Crippen LogP contribution is -2.30. The minimum Gasteiger partial charge on any atom is -0.341 e. The fourth-order valence-corrected chi connectivity index (χ4v) is 2.33. The van der Waals surface area contributed by atoms with Crippen LogP contribution < -0.4 is 5.32 Å². The fraction of sp³-hybridized carbons (Fsp3) is 0.611. The molecule has 0 radical (unpaired) electrons. The van der Waals surface area contributed by atoms with Crippen LogP contribution in [-0.4, -0.2) is 30.4 Å². The Morgan fingerprint density at radius 1 is 1.24 bits per heavy atom. The summed E-state index contributed by atoms with van der Waals surface area (Å²) in [5.74, 6) is 0.211. The SMILES string of the molecule is CN(Cc1ccc(C(C)(C)C)cc1)C(=O)CCNC1CC1. The van der Waals surface area contributed by atoms with E-state index in [-0.39, 0.29) is 11.3 Å². The summed E-state index contributed by atoms with van der Waals surface area (Å²) in [5.41, 5.74) is 2.69. The summed E-state index contributed by atoms with van der Waals surface area (Å²) < 4.78 is 0. The lowest BCUT2D eigenvalue weighted by Gasteiger charge is -2.21. The van der Waals surface area contributed by atoms with Gasteiger partial charge in [0.15, 0.2) is 0 Å². The number of carbonyl (C=O) groups excluding carboxylic acids is 1. The van der Waals surface area contributed by atoms with E-state index in [9.17, 15) is 4.79 Å². The van der Waals surface area contributed by atoms with Gasteiger partial charge >= 0.3 is 0 Å². The second-order valence-corrected chi connectivity index (χ2v) is 7.18. The van der Waals surface area contributed by atoms with Crippen LogP contribution in [0.3, 0.4) is 0 Å². The molecule has 0 aromatic heterocycles. The Morgan fingerprint density at radius 3 is 2.38 bits per heavy atom. The Kier molecular flexibility index (Phi) is 5.04. The van der Waals surface area contributed by atoms with Crippen molar-refractivity contribution in [1.29, 1.82) is 0 Å². The molecule has 1 aromatic rings. The minimum atomic E-state index is 0.175. The van der Waals surface area contributed by atoms with E-state index in [1.54, 1.807) is 0 Å². The Balaban J connectivity index is 1.80. The van der Waals surface area contributed by atoms with Crippen molar-refractivity contribution in [2.24, 2.45) is 0 Å². The maximum atomic E-state index is 12.1. The number of hydrogen-bond donors (Lipinski definition) is 1. The van der Waals surface area contributed by atoms with Crippen LogP contribution in [-0.2, 0) is 16.8 Å². The predicted octanol–water partition coefficient (Wildman–Crippen LogP) is 3.08. The third-order valence-electron chi connectivity index (χ3n) is 4.01. The van der Waals surface area contributed by atoms with E-state index in [1.807, 2.05) is 11.9 Å². The van der Waals surface area contributed by atoms with E-state index < -0.39 is 0 Å². The third kappa shape index (κ3) is 5.16. The zero-order valence-corrected chi connectivity index (χ0v) is 13.8. The van der Waals surface area contributed by atoms with Gasteiger partial charge in [0, 0.05) is 32.6 Å². The summed E-state index contributed by atoms with van der Waals surface area (Å²) in [5, 5.41) is 3.38. The lowest BCUT2D eigenvalue weighted by atomic mass is 9.87. The Morgan fingerprint density at radius 2 is 1.86 bits per heavy atom. The first-order chi connectivity index (χ1) is 9.86. The number of nitrogens with zero attached hydrogens (tertiary/aromatic N) is 1. The number of carbonyl (C=O) groups is 1. The van der Waals surface area contributed by atoms with Crippen molar-refractivity contribution in [3.05, 3.63) is 35.4 Å². The second-order valence-electron chi connectivity index (χ2n) is 7.18. The van der Waals surface area contributed by atoms with E-state index in [2.05, 4.69) is 50.4 Å². The summed E-state index contributed by atoms with van der Waals surface area (Å²) in [6.45, 7) is 8.13. The first-order valence-corrected chi connectivity index (χ1v) is 7.93. The number of nitrogens with one attached hydrogen (secondary N) is 1. The van der Waals surface area contributed by atoms with Gasteiger partial charge in [-0.3, -0.25) is 4.79 Å². The van der Waals surface area contributed by atoms with Crippen molar-refractivity contribution in [1.82, 2.24) is 10.2 Å². The van der Waals surface area contributed by atoms with Gasteiger partial charge in [-0.1, -0.05) is 45.0 Å². The maximum absolute atomic E-state index is 12.1. The summed E-state index contributed by atoms with van der Waals surface area (Å²) in [7, 11) is 1.89. The highest BCUT2D eigenvalue weighted by atomic mass is 16.2. The predicted molar refractivity (Wildman–Crippen MR) is 87.3 cm³/mol. The lowest BCUT2D eigenvalue weighted by molar-refractivity contribution is -0.130. The molecule has 1 aliphatic rings. The standard InChI is InChI=1S/C18H28N2O/c1-18(2,3)15-7-5-14(6-8-15)13-20(4)17(21)11-12-19-16-9-10-16/h5-8,16,19H,9-13H2,1-4H3. The van der Waals surface area contributed by atoms with Gasteiger partial charge in [0.25, 0.3) is 0 Å². The topological polar surface area (TPSA) is 32.3 Å². The molecule has 1 N–H and O–H groups in total. The molecule has 0 unspecified atom stereocenters. The molecule has 0 bridgehead atoms. The van der Waals surface area contributed by atoms with Crippen LogP contribution in [0, 0.1) is 0 Å². The molecule has 21 heavy (non-hydrogen) atoms. The molecule has 2 rings (SSSR count). The zero-order chi connectivity index (χ0) is 15.5. The molecular formula is C18H28N2O. The highest BCUT2D eigenvalue weighted by Gasteiger charge is 2.20. The quantitative estimate of drug-likeness (QED) is 0.872. The Hall–Kier alpha value is -1.35. The summed E-state index contributed by atoms with van der Waals surface area (Å²) in [6, 6.07) is 9.28. The molecule has 0 heterocycles. The summed E-state index contributed by atoms with van der Waals surface area (Å²) in [4.78, 5) is 13.9. The molecule has 0 aliphatic heterocycles. The van der Waals surface area contributed by atoms with Crippen LogP contribution in [0.25, 0.3) is 0 Å². The third-order valence-corrected chi connectivity index (χ3v) is 4.01. The first-order valence-electron chi connectivity index (χ1n) is 7.93. The molecule has 1 saturated carbocycles. The molecular weight excluding hydrogens is 260 g/mol. The van der Waals surface area contributed by atoms with E-state index in [0.29, 0.717) is 19.0 Å². The Labute approximate surface area is 128 Å². The van der Waals surface area contributed by atoms with Crippen LogP contribution >= 0.6 is 0 Å². The average molecular weight is 288 g/mol. The van der Waals surface area contributed by atoms with Crippen LogP contribution in [0.4, 0.5) is 0 Å². The Bertz CT molecular complexity index is 469. The monoisotopic (exact) mass is 288 g/mol. The molecule has 1 aliphatic carbocycles. The van der Waals surface area contributed by atoms with Gasteiger partial charge in [-0.15, -0.1) is 0 Å². The smallest absolute Gasteiger partial charge is 0.223 e. The molecule has 0 spiro atoms. The molecule has 1 fully saturated rings. The molecule has 3 nitrogen and oxygen atoms in total. The van der Waals surface area contributed by atoms with Crippen molar-refractivity contribution in [2.75, 3.05) is 13.6 Å². The highest BCUT2D eigenvalue weighted by molar-refractivity contribution is 5.76. The molecule has 1 aromatic carbocycles. The van der Waals surface area contributed by atoms with E-state index in [1.165, 1.54) is 24.0 Å². The van der Waals surface area contributed by atoms with E-state index in [4.69, 9.17) is 0 Å². The fourth-order valence-electron chi connectivity index (χ4n) is 2.33. The summed E-state index contributed by atoms with van der Waals surface area (Å²) in [6.07, 6.45) is 3.13. The van der Waals surface area contributed by atoms with Gasteiger partial charge in [-0.05, 0) is 29.4 Å².